The number of halogens is 1. The topological polar surface area (TPSA) is 46.2 Å². The fourth-order valence-electron chi connectivity index (χ4n) is 1.81. The quantitative estimate of drug-likeness (QED) is 0.799. The number of nitrogen functional groups attached to an aromatic ring is 1. The molecular formula is C11H14BrNO. The van der Waals surface area contributed by atoms with E-state index in [-0.39, 0.29) is 6.10 Å². The Hall–Kier alpha value is -0.540. The van der Waals surface area contributed by atoms with Crippen LogP contribution in [-0.4, -0.2) is 5.11 Å². The number of nitrogens with two attached hydrogens (primary N) is 1. The molecule has 3 heteroatoms. The predicted molar refractivity (Wildman–Crippen MR) is 60.9 cm³/mol. The van der Waals surface area contributed by atoms with E-state index < -0.39 is 0 Å². The van der Waals surface area contributed by atoms with Crippen LogP contribution in [0.4, 0.5) is 5.69 Å². The summed E-state index contributed by atoms with van der Waals surface area (Å²) in [7, 11) is 0. The molecule has 0 aromatic heterocycles. The second-order valence-electron chi connectivity index (χ2n) is 3.91. The summed E-state index contributed by atoms with van der Waals surface area (Å²) in [4.78, 5) is 0. The highest BCUT2D eigenvalue weighted by Gasteiger charge is 2.27. The zero-order chi connectivity index (χ0) is 10.1. The van der Waals surface area contributed by atoms with Crippen LogP contribution in [0.3, 0.4) is 0 Å². The van der Waals surface area contributed by atoms with Crippen LogP contribution in [0.5, 0.6) is 0 Å². The van der Waals surface area contributed by atoms with Gasteiger partial charge in [0.05, 0.1) is 6.10 Å². The number of aliphatic hydroxyl groups is 1. The average molecular weight is 256 g/mol. The van der Waals surface area contributed by atoms with Crippen LogP contribution in [0.2, 0.25) is 0 Å². The summed E-state index contributed by atoms with van der Waals surface area (Å²) in [5.41, 5.74) is 7.38. The first kappa shape index (κ1) is 9.99. The van der Waals surface area contributed by atoms with Crippen molar-refractivity contribution in [1.29, 1.82) is 0 Å². The van der Waals surface area contributed by atoms with Crippen molar-refractivity contribution in [3.05, 3.63) is 28.2 Å². The molecule has 3 N–H and O–H groups in total. The standard InChI is InChI=1S/C11H14BrNO/c12-8-4-5-10(13)9(6-8)11(14)7-2-1-3-7/h4-7,11,14H,1-3,13H2. The first-order chi connectivity index (χ1) is 6.68. The number of benzene rings is 1. The van der Waals surface area contributed by atoms with Gasteiger partial charge in [-0.1, -0.05) is 22.4 Å². The van der Waals surface area contributed by atoms with Crippen molar-refractivity contribution in [2.45, 2.75) is 25.4 Å². The van der Waals surface area contributed by atoms with Crippen LogP contribution in [0.1, 0.15) is 30.9 Å². The minimum absolute atomic E-state index is 0.388. The summed E-state index contributed by atoms with van der Waals surface area (Å²) >= 11 is 3.39. The van der Waals surface area contributed by atoms with Crippen LogP contribution in [-0.2, 0) is 0 Å². The second-order valence-corrected chi connectivity index (χ2v) is 4.82. The van der Waals surface area contributed by atoms with Gasteiger partial charge in [0, 0.05) is 15.7 Å². The highest BCUT2D eigenvalue weighted by atomic mass is 79.9. The van der Waals surface area contributed by atoms with Crippen LogP contribution in [0.25, 0.3) is 0 Å². The zero-order valence-corrected chi connectivity index (χ0v) is 9.50. The fourth-order valence-corrected chi connectivity index (χ4v) is 2.19. The van der Waals surface area contributed by atoms with Gasteiger partial charge >= 0.3 is 0 Å². The highest BCUT2D eigenvalue weighted by molar-refractivity contribution is 9.10. The summed E-state index contributed by atoms with van der Waals surface area (Å²) in [6.07, 6.45) is 3.08. The molecule has 1 aliphatic carbocycles. The van der Waals surface area contributed by atoms with Crippen molar-refractivity contribution in [2.75, 3.05) is 5.73 Å². The van der Waals surface area contributed by atoms with Crippen molar-refractivity contribution in [2.24, 2.45) is 5.92 Å². The number of anilines is 1. The molecule has 1 saturated carbocycles. The number of hydrogen-bond donors (Lipinski definition) is 2. The third-order valence-corrected chi connectivity index (χ3v) is 3.46. The van der Waals surface area contributed by atoms with E-state index in [1.165, 1.54) is 6.42 Å². The van der Waals surface area contributed by atoms with Gasteiger partial charge in [-0.2, -0.15) is 0 Å². The van der Waals surface area contributed by atoms with E-state index in [1.807, 2.05) is 18.2 Å². The molecule has 0 bridgehead atoms. The lowest BCUT2D eigenvalue weighted by Gasteiger charge is -2.31. The molecule has 1 aromatic rings. The third kappa shape index (κ3) is 1.79. The monoisotopic (exact) mass is 255 g/mol. The number of hydrogen-bond acceptors (Lipinski definition) is 2. The van der Waals surface area contributed by atoms with Gasteiger partial charge in [-0.3, -0.25) is 0 Å². The molecule has 1 aromatic carbocycles. The van der Waals surface area contributed by atoms with Crippen molar-refractivity contribution in [1.82, 2.24) is 0 Å². The number of aliphatic hydroxyl groups excluding tert-OH is 1. The maximum atomic E-state index is 10.0. The van der Waals surface area contributed by atoms with E-state index in [1.54, 1.807) is 0 Å². The molecule has 0 aliphatic heterocycles. The molecule has 0 spiro atoms. The predicted octanol–water partition coefficient (Wildman–Crippen LogP) is 2.86. The average Bonchev–Trinajstić information content (AvgIpc) is 2.06. The second kappa shape index (κ2) is 3.91. The van der Waals surface area contributed by atoms with Gasteiger partial charge in [0.1, 0.15) is 0 Å². The van der Waals surface area contributed by atoms with E-state index in [0.29, 0.717) is 11.6 Å². The molecule has 0 heterocycles. The van der Waals surface area contributed by atoms with Gasteiger partial charge in [0.25, 0.3) is 0 Å². The Morgan fingerprint density at radius 3 is 2.71 bits per heavy atom. The lowest BCUT2D eigenvalue weighted by Crippen LogP contribution is -2.20. The molecule has 2 nitrogen and oxygen atoms in total. The SMILES string of the molecule is Nc1ccc(Br)cc1C(O)C1CCC1. The lowest BCUT2D eigenvalue weighted by molar-refractivity contribution is 0.0626. The molecule has 2 rings (SSSR count). The summed E-state index contributed by atoms with van der Waals surface area (Å²) in [6.45, 7) is 0. The normalized spacial score (nSPS) is 19.0. The van der Waals surface area contributed by atoms with E-state index >= 15 is 0 Å². The van der Waals surface area contributed by atoms with Gasteiger partial charge in [0.15, 0.2) is 0 Å². The minimum atomic E-state index is -0.388. The van der Waals surface area contributed by atoms with Gasteiger partial charge in [-0.25, -0.2) is 0 Å². The molecule has 1 aliphatic rings. The maximum Gasteiger partial charge on any atom is 0.0838 e. The Balaban J connectivity index is 2.24. The lowest BCUT2D eigenvalue weighted by atomic mass is 9.78. The van der Waals surface area contributed by atoms with Crippen LogP contribution in [0.15, 0.2) is 22.7 Å². The van der Waals surface area contributed by atoms with E-state index in [9.17, 15) is 5.11 Å². The van der Waals surface area contributed by atoms with Crippen molar-refractivity contribution in [3.8, 4) is 0 Å². The number of rotatable bonds is 2. The van der Waals surface area contributed by atoms with Crippen LogP contribution >= 0.6 is 15.9 Å². The van der Waals surface area contributed by atoms with Gasteiger partial charge < -0.3 is 10.8 Å². The largest absolute Gasteiger partial charge is 0.398 e. The Bertz CT molecular complexity index is 336. The summed E-state index contributed by atoms with van der Waals surface area (Å²) in [5.74, 6) is 0.409. The summed E-state index contributed by atoms with van der Waals surface area (Å²) < 4.78 is 0.972. The first-order valence-corrected chi connectivity index (χ1v) is 5.71. The molecule has 14 heavy (non-hydrogen) atoms. The van der Waals surface area contributed by atoms with E-state index in [4.69, 9.17) is 5.73 Å². The third-order valence-electron chi connectivity index (χ3n) is 2.96. The van der Waals surface area contributed by atoms with Crippen molar-refractivity contribution in [3.63, 3.8) is 0 Å². The summed E-state index contributed by atoms with van der Waals surface area (Å²) in [6, 6.07) is 5.64. The van der Waals surface area contributed by atoms with E-state index in [2.05, 4.69) is 15.9 Å². The molecule has 0 amide bonds. The van der Waals surface area contributed by atoms with Crippen LogP contribution in [0, 0.1) is 5.92 Å². The van der Waals surface area contributed by atoms with E-state index in [0.717, 1.165) is 22.9 Å². The Kier molecular flexibility index (Phi) is 2.79. The van der Waals surface area contributed by atoms with Gasteiger partial charge in [-0.05, 0) is 37.0 Å². The zero-order valence-electron chi connectivity index (χ0n) is 7.91. The molecule has 76 valence electrons. The molecule has 1 unspecified atom stereocenters. The van der Waals surface area contributed by atoms with Crippen molar-refractivity contribution >= 4 is 21.6 Å². The minimum Gasteiger partial charge on any atom is -0.398 e. The van der Waals surface area contributed by atoms with Gasteiger partial charge in [-0.15, -0.1) is 0 Å². The first-order valence-electron chi connectivity index (χ1n) is 4.91. The Labute approximate surface area is 92.3 Å². The Morgan fingerprint density at radius 2 is 2.14 bits per heavy atom. The molecule has 0 saturated heterocycles. The molecule has 0 radical (unpaired) electrons. The molecule has 1 fully saturated rings. The van der Waals surface area contributed by atoms with Crippen molar-refractivity contribution < 1.29 is 5.11 Å². The summed E-state index contributed by atoms with van der Waals surface area (Å²) in [5, 5.41) is 10.0. The van der Waals surface area contributed by atoms with Crippen LogP contribution < -0.4 is 5.73 Å². The smallest absolute Gasteiger partial charge is 0.0838 e. The Morgan fingerprint density at radius 1 is 1.43 bits per heavy atom. The van der Waals surface area contributed by atoms with Gasteiger partial charge in [0.2, 0.25) is 0 Å². The fraction of sp³-hybridized carbons (Fsp3) is 0.455. The highest BCUT2D eigenvalue weighted by Crippen LogP contribution is 2.39. The maximum absolute atomic E-state index is 10.0. The molecular weight excluding hydrogens is 242 g/mol. The molecule has 1 atom stereocenters.